The topological polar surface area (TPSA) is 84.0 Å². The van der Waals surface area contributed by atoms with Crippen molar-refractivity contribution >= 4 is 28.0 Å². The molecule has 2 aromatic carbocycles. The van der Waals surface area contributed by atoms with Crippen LogP contribution in [0.25, 0.3) is 10.9 Å². The van der Waals surface area contributed by atoms with Crippen LogP contribution < -0.4 is 15.8 Å². The van der Waals surface area contributed by atoms with Gasteiger partial charge >= 0.3 is 0 Å². The van der Waals surface area contributed by atoms with Crippen LogP contribution >= 0.6 is 0 Å². The number of anilines is 3. The summed E-state index contributed by atoms with van der Waals surface area (Å²) in [5.74, 6) is 3.13. The van der Waals surface area contributed by atoms with Gasteiger partial charge in [-0.15, -0.1) is 6.42 Å². The van der Waals surface area contributed by atoms with Gasteiger partial charge in [0.05, 0.1) is 29.6 Å². The summed E-state index contributed by atoms with van der Waals surface area (Å²) in [6.45, 7) is 0. The molecule has 3 aromatic rings. The van der Waals surface area contributed by atoms with E-state index in [4.69, 9.17) is 16.9 Å². The van der Waals surface area contributed by atoms with E-state index >= 15 is 0 Å². The Morgan fingerprint density at radius 2 is 2.12 bits per heavy atom. The first-order chi connectivity index (χ1) is 11.7. The number of methoxy groups -OCH3 is 1. The lowest BCUT2D eigenvalue weighted by molar-refractivity contribution is 0.417. The van der Waals surface area contributed by atoms with Gasteiger partial charge in [0.25, 0.3) is 0 Å². The zero-order valence-corrected chi connectivity index (χ0v) is 13.0. The summed E-state index contributed by atoms with van der Waals surface area (Å²) >= 11 is 0. The molecule has 0 spiro atoms. The number of pyridine rings is 1. The minimum Gasteiger partial charge on any atom is -0.495 e. The Hall–Kier alpha value is -3.70. The van der Waals surface area contributed by atoms with Crippen molar-refractivity contribution in [2.45, 2.75) is 0 Å². The molecular weight excluding hydrogens is 300 g/mol. The number of benzene rings is 2. The van der Waals surface area contributed by atoms with Crippen molar-refractivity contribution in [2.75, 3.05) is 18.2 Å². The van der Waals surface area contributed by atoms with Gasteiger partial charge in [-0.2, -0.15) is 5.26 Å². The lowest BCUT2D eigenvalue weighted by Crippen LogP contribution is -1.99. The number of nitriles is 1. The Balaban J connectivity index is 2.19. The van der Waals surface area contributed by atoms with E-state index in [0.717, 1.165) is 16.6 Å². The summed E-state index contributed by atoms with van der Waals surface area (Å²) in [6.07, 6.45) is 6.96. The summed E-state index contributed by atoms with van der Waals surface area (Å²) < 4.78 is 5.23. The molecule has 0 unspecified atom stereocenters. The van der Waals surface area contributed by atoms with Crippen molar-refractivity contribution in [1.82, 2.24) is 4.98 Å². The second-order valence-corrected chi connectivity index (χ2v) is 5.12. The number of hydrogen-bond acceptors (Lipinski definition) is 5. The second-order valence-electron chi connectivity index (χ2n) is 5.12. The lowest BCUT2D eigenvalue weighted by Gasteiger charge is -2.13. The lowest BCUT2D eigenvalue weighted by atomic mass is 10.1. The van der Waals surface area contributed by atoms with Crippen molar-refractivity contribution in [2.24, 2.45) is 0 Å². The number of aromatic nitrogens is 1. The van der Waals surface area contributed by atoms with Crippen LogP contribution in [0.4, 0.5) is 17.1 Å². The third-order valence-electron chi connectivity index (χ3n) is 3.64. The van der Waals surface area contributed by atoms with E-state index in [1.165, 1.54) is 6.20 Å². The molecule has 3 rings (SSSR count). The molecule has 0 fully saturated rings. The monoisotopic (exact) mass is 314 g/mol. The van der Waals surface area contributed by atoms with Crippen molar-refractivity contribution in [3.05, 3.63) is 53.7 Å². The SMILES string of the molecule is C#Cc1cccc(Nc2c(C#N)cnc3cc(OC)c(N)cc23)c1. The molecule has 24 heavy (non-hydrogen) atoms. The molecule has 0 radical (unpaired) electrons. The van der Waals surface area contributed by atoms with Gasteiger partial charge in [0.1, 0.15) is 11.8 Å². The summed E-state index contributed by atoms with van der Waals surface area (Å²) in [4.78, 5) is 4.31. The number of nitrogens with one attached hydrogen (secondary N) is 1. The van der Waals surface area contributed by atoms with Crippen LogP contribution in [0.15, 0.2) is 42.6 Å². The summed E-state index contributed by atoms with van der Waals surface area (Å²) in [7, 11) is 1.55. The Kier molecular flexibility index (Phi) is 3.93. The van der Waals surface area contributed by atoms with Crippen LogP contribution in [0.5, 0.6) is 5.75 Å². The van der Waals surface area contributed by atoms with Gasteiger partial charge in [-0.05, 0) is 24.3 Å². The molecule has 0 amide bonds. The molecule has 0 aliphatic rings. The molecule has 0 bridgehead atoms. The number of terminal acetylenes is 1. The fraction of sp³-hybridized carbons (Fsp3) is 0.0526. The fourth-order valence-corrected chi connectivity index (χ4v) is 2.46. The highest BCUT2D eigenvalue weighted by atomic mass is 16.5. The largest absolute Gasteiger partial charge is 0.495 e. The molecule has 1 aromatic heterocycles. The molecule has 1 heterocycles. The quantitative estimate of drug-likeness (QED) is 0.571. The highest BCUT2D eigenvalue weighted by Gasteiger charge is 2.12. The molecule has 3 N–H and O–H groups in total. The molecule has 5 nitrogen and oxygen atoms in total. The highest BCUT2D eigenvalue weighted by molar-refractivity contribution is 5.98. The smallest absolute Gasteiger partial charge is 0.143 e. The Bertz CT molecular complexity index is 1010. The number of nitrogens with zero attached hydrogens (tertiary/aromatic N) is 2. The fourth-order valence-electron chi connectivity index (χ4n) is 2.46. The van der Waals surface area contributed by atoms with Crippen LogP contribution in [-0.2, 0) is 0 Å². The number of nitrogen functional groups attached to an aromatic ring is 1. The number of nitrogens with two attached hydrogens (primary N) is 1. The van der Waals surface area contributed by atoms with Crippen LogP contribution in [0.2, 0.25) is 0 Å². The zero-order valence-electron chi connectivity index (χ0n) is 13.0. The second kappa shape index (κ2) is 6.20. The third-order valence-corrected chi connectivity index (χ3v) is 3.64. The van der Waals surface area contributed by atoms with Gasteiger partial charge < -0.3 is 15.8 Å². The van der Waals surface area contributed by atoms with Crippen LogP contribution in [0, 0.1) is 23.7 Å². The number of rotatable bonds is 3. The first-order valence-electron chi connectivity index (χ1n) is 7.16. The van der Waals surface area contributed by atoms with E-state index in [1.807, 2.05) is 24.3 Å². The first-order valence-corrected chi connectivity index (χ1v) is 7.16. The van der Waals surface area contributed by atoms with Gasteiger partial charge in [0.2, 0.25) is 0 Å². The molecule has 0 aliphatic heterocycles. The van der Waals surface area contributed by atoms with Gasteiger partial charge in [-0.25, -0.2) is 0 Å². The van der Waals surface area contributed by atoms with Crippen molar-refractivity contribution < 1.29 is 4.74 Å². The molecule has 5 heteroatoms. The average molecular weight is 314 g/mol. The molecule has 116 valence electrons. The Morgan fingerprint density at radius 3 is 2.83 bits per heavy atom. The van der Waals surface area contributed by atoms with E-state index in [0.29, 0.717) is 28.2 Å². The van der Waals surface area contributed by atoms with Gasteiger partial charge in [0.15, 0.2) is 0 Å². The first kappa shape index (κ1) is 15.2. The normalized spacial score (nSPS) is 9.96. The predicted octanol–water partition coefficient (Wildman–Crippen LogP) is 3.42. The molecule has 0 atom stereocenters. The van der Waals surface area contributed by atoms with E-state index in [9.17, 15) is 5.26 Å². The van der Waals surface area contributed by atoms with Crippen molar-refractivity contribution in [3.8, 4) is 24.2 Å². The highest BCUT2D eigenvalue weighted by Crippen LogP contribution is 2.34. The number of hydrogen-bond donors (Lipinski definition) is 2. The maximum atomic E-state index is 9.41. The average Bonchev–Trinajstić information content (AvgIpc) is 2.62. The Labute approximate surface area is 139 Å². The number of fused-ring (bicyclic) bond motifs is 1. The maximum absolute atomic E-state index is 9.41. The Morgan fingerprint density at radius 1 is 1.29 bits per heavy atom. The van der Waals surface area contributed by atoms with Gasteiger partial charge in [-0.1, -0.05) is 12.0 Å². The summed E-state index contributed by atoms with van der Waals surface area (Å²) in [5, 5.41) is 13.4. The molecular formula is C19H14N4O. The summed E-state index contributed by atoms with van der Waals surface area (Å²) in [6, 6.07) is 13.0. The molecule has 0 saturated heterocycles. The zero-order chi connectivity index (χ0) is 17.1. The molecule has 0 saturated carbocycles. The van der Waals surface area contributed by atoms with Gasteiger partial charge in [0, 0.05) is 28.9 Å². The van der Waals surface area contributed by atoms with Crippen LogP contribution in [0.3, 0.4) is 0 Å². The predicted molar refractivity (Wildman–Crippen MR) is 95.1 cm³/mol. The van der Waals surface area contributed by atoms with Crippen LogP contribution in [-0.4, -0.2) is 12.1 Å². The minimum atomic E-state index is 0.415. The van der Waals surface area contributed by atoms with E-state index in [2.05, 4.69) is 22.3 Å². The number of ether oxygens (including phenoxy) is 1. The standard InChI is InChI=1S/C19H14N4O/c1-3-12-5-4-6-14(7-12)23-19-13(10-20)11-22-17-9-18(24-2)16(21)8-15(17)19/h1,4-9,11H,21H2,2H3,(H,22,23). The van der Waals surface area contributed by atoms with Gasteiger partial charge in [-0.3, -0.25) is 4.98 Å². The van der Waals surface area contributed by atoms with Crippen molar-refractivity contribution in [1.29, 1.82) is 5.26 Å². The van der Waals surface area contributed by atoms with E-state index < -0.39 is 0 Å². The van der Waals surface area contributed by atoms with E-state index in [1.54, 1.807) is 19.2 Å². The third kappa shape index (κ3) is 2.67. The summed E-state index contributed by atoms with van der Waals surface area (Å²) in [5.41, 5.74) is 9.73. The van der Waals surface area contributed by atoms with E-state index in [-0.39, 0.29) is 0 Å². The maximum Gasteiger partial charge on any atom is 0.143 e. The minimum absolute atomic E-state index is 0.415. The van der Waals surface area contributed by atoms with Crippen LogP contribution in [0.1, 0.15) is 11.1 Å². The molecule has 0 aliphatic carbocycles. The van der Waals surface area contributed by atoms with Crippen molar-refractivity contribution in [3.63, 3.8) is 0 Å².